The van der Waals surface area contributed by atoms with Crippen LogP contribution in [0.15, 0.2) is 0 Å². The van der Waals surface area contributed by atoms with E-state index >= 15 is 0 Å². The van der Waals surface area contributed by atoms with E-state index in [2.05, 4.69) is 41.5 Å². The van der Waals surface area contributed by atoms with Crippen molar-refractivity contribution in [1.29, 1.82) is 0 Å². The molecule has 0 bridgehead atoms. The Morgan fingerprint density at radius 1 is 1.06 bits per heavy atom. The average Bonchev–Trinajstić information content (AvgIpc) is 2.49. The van der Waals surface area contributed by atoms with Gasteiger partial charge in [0, 0.05) is 16.9 Å². The van der Waals surface area contributed by atoms with E-state index < -0.39 is 0 Å². The summed E-state index contributed by atoms with van der Waals surface area (Å²) in [6, 6.07) is 0. The Labute approximate surface area is 111 Å². The Kier molecular flexibility index (Phi) is 2.69. The van der Waals surface area contributed by atoms with Crippen LogP contribution in [0.3, 0.4) is 0 Å². The number of nitrogen functional groups attached to an aromatic ring is 2. The van der Waals surface area contributed by atoms with E-state index in [-0.39, 0.29) is 10.8 Å². The highest BCUT2D eigenvalue weighted by atomic mass is 14.7. The van der Waals surface area contributed by atoms with Crippen LogP contribution >= 0.6 is 0 Å². The maximum Gasteiger partial charge on any atom is 0.0413 e. The molecule has 2 heteroatoms. The maximum atomic E-state index is 6.49. The molecule has 0 spiro atoms. The van der Waals surface area contributed by atoms with Crippen molar-refractivity contribution in [2.24, 2.45) is 0 Å². The van der Waals surface area contributed by atoms with Crippen molar-refractivity contribution in [1.82, 2.24) is 0 Å². The van der Waals surface area contributed by atoms with Gasteiger partial charge in [0.15, 0.2) is 0 Å². The third kappa shape index (κ3) is 1.70. The molecular formula is C16H26N2. The van der Waals surface area contributed by atoms with Crippen molar-refractivity contribution < 1.29 is 0 Å². The molecule has 1 aromatic rings. The Morgan fingerprint density at radius 2 is 1.61 bits per heavy atom. The molecule has 0 heterocycles. The molecule has 0 aromatic heterocycles. The van der Waals surface area contributed by atoms with Gasteiger partial charge in [0.25, 0.3) is 0 Å². The van der Waals surface area contributed by atoms with Gasteiger partial charge in [0.2, 0.25) is 0 Å². The standard InChI is InChI=1S/C16H26N2/c1-9-10-7-8-16(5,6)11(10)14(18)12(13(9)17)15(2,3)4/h7-8,17-18H2,1-6H3. The second kappa shape index (κ2) is 3.66. The second-order valence-electron chi connectivity index (χ2n) is 7.31. The first-order valence-electron chi connectivity index (χ1n) is 6.78. The summed E-state index contributed by atoms with van der Waals surface area (Å²) < 4.78 is 0. The van der Waals surface area contributed by atoms with Gasteiger partial charge in [-0.25, -0.2) is 0 Å². The first-order valence-corrected chi connectivity index (χ1v) is 6.78. The minimum absolute atomic E-state index is 0.00731. The molecule has 2 rings (SSSR count). The topological polar surface area (TPSA) is 52.0 Å². The molecule has 0 saturated heterocycles. The summed E-state index contributed by atoms with van der Waals surface area (Å²) in [6.45, 7) is 13.3. The quantitative estimate of drug-likeness (QED) is 0.686. The summed E-state index contributed by atoms with van der Waals surface area (Å²) in [7, 11) is 0. The van der Waals surface area contributed by atoms with Crippen LogP contribution in [-0.2, 0) is 17.3 Å². The van der Waals surface area contributed by atoms with Gasteiger partial charge in [-0.15, -0.1) is 0 Å². The summed E-state index contributed by atoms with van der Waals surface area (Å²) in [5.74, 6) is 0. The van der Waals surface area contributed by atoms with Crippen molar-refractivity contribution in [3.63, 3.8) is 0 Å². The Morgan fingerprint density at radius 3 is 2.11 bits per heavy atom. The number of hydrogen-bond donors (Lipinski definition) is 2. The highest BCUT2D eigenvalue weighted by molar-refractivity contribution is 5.76. The minimum Gasteiger partial charge on any atom is -0.398 e. The smallest absolute Gasteiger partial charge is 0.0413 e. The summed E-state index contributed by atoms with van der Waals surface area (Å²) in [6.07, 6.45) is 2.27. The molecular weight excluding hydrogens is 220 g/mol. The zero-order chi connectivity index (χ0) is 13.9. The van der Waals surface area contributed by atoms with E-state index in [0.29, 0.717) is 0 Å². The van der Waals surface area contributed by atoms with Crippen LogP contribution in [0, 0.1) is 6.92 Å². The Balaban J connectivity index is 2.85. The van der Waals surface area contributed by atoms with E-state index in [1.54, 1.807) is 0 Å². The number of rotatable bonds is 0. The number of anilines is 2. The van der Waals surface area contributed by atoms with E-state index in [1.165, 1.54) is 23.1 Å². The predicted molar refractivity (Wildman–Crippen MR) is 80.1 cm³/mol. The highest BCUT2D eigenvalue weighted by Gasteiger charge is 2.37. The van der Waals surface area contributed by atoms with E-state index in [9.17, 15) is 0 Å². The lowest BCUT2D eigenvalue weighted by molar-refractivity contribution is 0.521. The lowest BCUT2D eigenvalue weighted by Gasteiger charge is -2.30. The number of fused-ring (bicyclic) bond motifs is 1. The largest absolute Gasteiger partial charge is 0.398 e. The fourth-order valence-electron chi connectivity index (χ4n) is 3.43. The van der Waals surface area contributed by atoms with Crippen molar-refractivity contribution >= 4 is 11.4 Å². The van der Waals surface area contributed by atoms with Crippen LogP contribution in [0.4, 0.5) is 11.4 Å². The molecule has 0 saturated carbocycles. The molecule has 1 aromatic carbocycles. The number of benzene rings is 1. The van der Waals surface area contributed by atoms with Crippen LogP contribution in [0.2, 0.25) is 0 Å². The zero-order valence-corrected chi connectivity index (χ0v) is 12.6. The van der Waals surface area contributed by atoms with E-state index in [4.69, 9.17) is 11.5 Å². The van der Waals surface area contributed by atoms with E-state index in [0.717, 1.165) is 23.4 Å². The molecule has 0 amide bonds. The molecule has 1 aliphatic rings. The van der Waals surface area contributed by atoms with Gasteiger partial charge in [-0.05, 0) is 47.3 Å². The molecule has 0 radical (unpaired) electrons. The first kappa shape index (κ1) is 13.3. The maximum absolute atomic E-state index is 6.49. The predicted octanol–water partition coefficient (Wildman–Crippen LogP) is 3.68. The monoisotopic (exact) mass is 246 g/mol. The van der Waals surface area contributed by atoms with Gasteiger partial charge in [-0.3, -0.25) is 0 Å². The van der Waals surface area contributed by atoms with Crippen LogP contribution in [0.1, 0.15) is 63.3 Å². The average molecular weight is 246 g/mol. The molecule has 100 valence electrons. The fraction of sp³-hybridized carbons (Fsp3) is 0.625. The van der Waals surface area contributed by atoms with Crippen LogP contribution in [-0.4, -0.2) is 0 Å². The summed E-state index contributed by atoms with van der Waals surface area (Å²) in [5, 5.41) is 0. The minimum atomic E-state index is -0.00731. The van der Waals surface area contributed by atoms with Gasteiger partial charge in [-0.1, -0.05) is 34.6 Å². The van der Waals surface area contributed by atoms with Crippen LogP contribution in [0.25, 0.3) is 0 Å². The summed E-state index contributed by atoms with van der Waals surface area (Å²) in [5.41, 5.74) is 20.0. The first-order chi connectivity index (χ1) is 8.07. The Bertz CT molecular complexity index is 501. The molecule has 2 nitrogen and oxygen atoms in total. The molecule has 0 atom stereocenters. The van der Waals surface area contributed by atoms with Gasteiger partial charge in [0.1, 0.15) is 0 Å². The molecule has 0 unspecified atom stereocenters. The zero-order valence-electron chi connectivity index (χ0n) is 12.6. The normalized spacial score (nSPS) is 17.9. The van der Waals surface area contributed by atoms with Crippen LogP contribution < -0.4 is 11.5 Å². The molecule has 0 fully saturated rings. The van der Waals surface area contributed by atoms with Crippen molar-refractivity contribution in [2.45, 2.75) is 65.2 Å². The second-order valence-corrected chi connectivity index (χ2v) is 7.31. The molecule has 1 aliphatic carbocycles. The Hall–Kier alpha value is -1.18. The number of hydrogen-bond acceptors (Lipinski definition) is 2. The summed E-state index contributed by atoms with van der Waals surface area (Å²) >= 11 is 0. The van der Waals surface area contributed by atoms with Crippen molar-refractivity contribution in [2.75, 3.05) is 11.5 Å². The highest BCUT2D eigenvalue weighted by Crippen LogP contribution is 2.49. The third-order valence-corrected chi connectivity index (χ3v) is 4.39. The molecule has 4 N–H and O–H groups in total. The number of nitrogens with two attached hydrogens (primary N) is 2. The summed E-state index contributed by atoms with van der Waals surface area (Å²) in [4.78, 5) is 0. The van der Waals surface area contributed by atoms with Crippen LogP contribution in [0.5, 0.6) is 0 Å². The SMILES string of the molecule is Cc1c(N)c(C(C)(C)C)c(N)c2c1CCC2(C)C. The van der Waals surface area contributed by atoms with Crippen molar-refractivity contribution in [3.8, 4) is 0 Å². The van der Waals surface area contributed by atoms with E-state index in [1.807, 2.05) is 0 Å². The third-order valence-electron chi connectivity index (χ3n) is 4.39. The molecule has 18 heavy (non-hydrogen) atoms. The fourth-order valence-corrected chi connectivity index (χ4v) is 3.43. The lowest BCUT2D eigenvalue weighted by atomic mass is 9.77. The molecule has 0 aliphatic heterocycles. The lowest BCUT2D eigenvalue weighted by Crippen LogP contribution is -2.22. The van der Waals surface area contributed by atoms with Gasteiger partial charge in [0.05, 0.1) is 0 Å². The van der Waals surface area contributed by atoms with Gasteiger partial charge in [-0.2, -0.15) is 0 Å². The van der Waals surface area contributed by atoms with Gasteiger partial charge < -0.3 is 11.5 Å². The van der Waals surface area contributed by atoms with Crippen molar-refractivity contribution in [3.05, 3.63) is 22.3 Å². The van der Waals surface area contributed by atoms with Gasteiger partial charge >= 0.3 is 0 Å².